The number of anilines is 3. The summed E-state index contributed by atoms with van der Waals surface area (Å²) in [6.07, 6.45) is 2.76. The van der Waals surface area contributed by atoms with E-state index in [0.29, 0.717) is 31.3 Å². The standard InChI is InChI=1S/C52H60N10O5S/c1-60(2)43-25-11-19-37-35(17-9-21-39(37)43)16-7-8-31-54-51(64)48-49(52(65)55-32-33-56-68(66,67)47-29-14-23-41-42(47)24-13-27-45(41)62(5)6)58-59-50(57-48)46(63)28-15-30-53-34-36-18-10-22-40-38(36)20-12-26-44(40)61(3)4/h9-14,17-27,29,53,56H,7-8,15-16,28,30-34H2,1-6H3,(H,54,64)(H,55,65). The number of nitrogens with zero attached hydrogens (tertiary/aromatic N) is 6. The smallest absolute Gasteiger partial charge is 0.274 e. The van der Waals surface area contributed by atoms with Gasteiger partial charge in [0.2, 0.25) is 21.6 Å². The minimum absolute atomic E-state index is 0.0824. The fraction of sp³-hybridized carbons (Fsp3) is 0.308. The Morgan fingerprint density at radius 3 is 1.66 bits per heavy atom. The zero-order chi connectivity index (χ0) is 48.4. The first kappa shape index (κ1) is 48.9. The maximum Gasteiger partial charge on any atom is 0.274 e. The van der Waals surface area contributed by atoms with Crippen LogP contribution in [-0.4, -0.2) is 110 Å². The van der Waals surface area contributed by atoms with Gasteiger partial charge in [-0.05, 0) is 78.4 Å². The number of carbonyl (C=O) groups is 3. The van der Waals surface area contributed by atoms with Crippen molar-refractivity contribution in [1.82, 2.24) is 35.9 Å². The molecule has 1 aromatic heterocycles. The number of Topliss-reactive ketones (excluding diaryl/α,β-unsaturated/α-hetero) is 1. The van der Waals surface area contributed by atoms with Crippen LogP contribution in [-0.2, 0) is 23.0 Å². The predicted molar refractivity (Wildman–Crippen MR) is 273 cm³/mol. The summed E-state index contributed by atoms with van der Waals surface area (Å²) in [5.41, 5.74) is 4.77. The van der Waals surface area contributed by atoms with E-state index in [1.165, 1.54) is 22.4 Å². The third kappa shape index (κ3) is 11.4. The van der Waals surface area contributed by atoms with E-state index in [2.05, 4.69) is 106 Å². The van der Waals surface area contributed by atoms with Gasteiger partial charge in [0.25, 0.3) is 11.8 Å². The van der Waals surface area contributed by atoms with Crippen molar-refractivity contribution in [2.45, 2.75) is 43.5 Å². The lowest BCUT2D eigenvalue weighted by molar-refractivity contribution is 0.0905. The van der Waals surface area contributed by atoms with Crippen LogP contribution in [0.5, 0.6) is 0 Å². The van der Waals surface area contributed by atoms with Gasteiger partial charge in [-0.3, -0.25) is 14.4 Å². The molecule has 0 unspecified atom stereocenters. The van der Waals surface area contributed by atoms with Crippen LogP contribution >= 0.6 is 0 Å². The molecular formula is C52H60N10O5S. The Kier molecular flexibility index (Phi) is 16.0. The first-order chi connectivity index (χ1) is 32.7. The Morgan fingerprint density at radius 1 is 0.515 bits per heavy atom. The van der Waals surface area contributed by atoms with Gasteiger partial charge < -0.3 is 30.7 Å². The van der Waals surface area contributed by atoms with Crippen molar-refractivity contribution in [3.63, 3.8) is 0 Å². The van der Waals surface area contributed by atoms with Crippen molar-refractivity contribution in [1.29, 1.82) is 0 Å². The average Bonchev–Trinajstić information content (AvgIpc) is 3.33. The number of fused-ring (bicyclic) bond motifs is 3. The van der Waals surface area contributed by atoms with Crippen LogP contribution in [0.3, 0.4) is 0 Å². The van der Waals surface area contributed by atoms with Gasteiger partial charge in [0, 0.05) is 113 Å². The minimum atomic E-state index is -3.99. The molecule has 0 aliphatic heterocycles. The number of aryl methyl sites for hydroxylation is 1. The molecule has 1 heterocycles. The summed E-state index contributed by atoms with van der Waals surface area (Å²) in [5.74, 6) is -2.17. The topological polar surface area (TPSA) is 182 Å². The molecule has 0 aliphatic rings. The number of ketones is 1. The summed E-state index contributed by atoms with van der Waals surface area (Å²) in [6, 6.07) is 35.6. The second kappa shape index (κ2) is 22.2. The van der Waals surface area contributed by atoms with Crippen LogP contribution < -0.4 is 35.4 Å². The molecule has 16 heteroatoms. The van der Waals surface area contributed by atoms with Gasteiger partial charge in [-0.1, -0.05) is 84.9 Å². The summed E-state index contributed by atoms with van der Waals surface area (Å²) in [7, 11) is 7.89. The summed E-state index contributed by atoms with van der Waals surface area (Å²) in [5, 5.41) is 23.0. The predicted octanol–water partition coefficient (Wildman–Crippen LogP) is 6.74. The molecule has 0 saturated carbocycles. The number of nitrogens with one attached hydrogen (secondary N) is 4. The van der Waals surface area contributed by atoms with Crippen LogP contribution in [0, 0.1) is 0 Å². The Bertz CT molecular complexity index is 3070. The zero-order valence-corrected chi connectivity index (χ0v) is 40.4. The largest absolute Gasteiger partial charge is 0.377 e. The summed E-state index contributed by atoms with van der Waals surface area (Å²) >= 11 is 0. The van der Waals surface area contributed by atoms with E-state index in [0.717, 1.165) is 51.6 Å². The molecular weight excluding hydrogens is 877 g/mol. The van der Waals surface area contributed by atoms with Crippen LogP contribution in [0.25, 0.3) is 32.3 Å². The Balaban J connectivity index is 0.991. The third-order valence-corrected chi connectivity index (χ3v) is 13.4. The van der Waals surface area contributed by atoms with Crippen molar-refractivity contribution in [2.75, 3.05) is 83.2 Å². The van der Waals surface area contributed by atoms with Gasteiger partial charge in [-0.15, -0.1) is 10.2 Å². The molecule has 7 aromatic rings. The minimum Gasteiger partial charge on any atom is -0.377 e. The highest BCUT2D eigenvalue weighted by atomic mass is 32.2. The maximum atomic E-state index is 13.8. The number of sulfonamides is 1. The van der Waals surface area contributed by atoms with Crippen molar-refractivity contribution in [3.05, 3.63) is 138 Å². The SMILES string of the molecule is CN(C)c1cccc2c(CCCCNC(=O)c3nc(C(=O)CCCNCc4cccc5c(N(C)C)cccc45)nnc3C(=O)NCCNS(=O)(=O)c3cccc4c(N(C)C)cccc34)cccc12. The van der Waals surface area contributed by atoms with Crippen molar-refractivity contribution in [3.8, 4) is 0 Å². The number of amides is 2. The average molecular weight is 937 g/mol. The van der Waals surface area contributed by atoms with E-state index in [-0.39, 0.29) is 48.2 Å². The highest BCUT2D eigenvalue weighted by Crippen LogP contribution is 2.31. The molecule has 0 spiro atoms. The summed E-state index contributed by atoms with van der Waals surface area (Å²) in [4.78, 5) is 51.4. The number of unbranched alkanes of at least 4 members (excludes halogenated alkanes) is 1. The molecule has 4 N–H and O–H groups in total. The molecule has 0 atom stereocenters. The Morgan fingerprint density at radius 2 is 1.03 bits per heavy atom. The van der Waals surface area contributed by atoms with Crippen molar-refractivity contribution in [2.24, 2.45) is 0 Å². The second-order valence-corrected chi connectivity index (χ2v) is 19.0. The molecule has 0 aliphatic carbocycles. The number of rotatable bonds is 22. The van der Waals surface area contributed by atoms with E-state index in [1.54, 1.807) is 18.2 Å². The quantitative estimate of drug-likeness (QED) is 0.0416. The maximum absolute atomic E-state index is 13.8. The van der Waals surface area contributed by atoms with Gasteiger partial charge in [0.05, 0.1) is 4.90 Å². The molecule has 0 saturated heterocycles. The fourth-order valence-corrected chi connectivity index (χ4v) is 9.72. The molecule has 7 rings (SSSR count). The molecule has 0 fully saturated rings. The normalized spacial score (nSPS) is 11.5. The summed E-state index contributed by atoms with van der Waals surface area (Å²) < 4.78 is 29.6. The van der Waals surface area contributed by atoms with Crippen LogP contribution in [0.4, 0.5) is 17.1 Å². The number of hydrogen-bond acceptors (Lipinski definition) is 12. The molecule has 68 heavy (non-hydrogen) atoms. The first-order valence-corrected chi connectivity index (χ1v) is 24.3. The van der Waals surface area contributed by atoms with Crippen molar-refractivity contribution >= 4 is 77.0 Å². The fourth-order valence-electron chi connectivity index (χ4n) is 8.47. The lowest BCUT2D eigenvalue weighted by Crippen LogP contribution is -2.37. The highest BCUT2D eigenvalue weighted by molar-refractivity contribution is 7.89. The Hall–Kier alpha value is -7.01. The van der Waals surface area contributed by atoms with Crippen LogP contribution in [0.1, 0.15) is 68.4 Å². The van der Waals surface area contributed by atoms with Gasteiger partial charge in [-0.25, -0.2) is 18.1 Å². The van der Waals surface area contributed by atoms with E-state index in [4.69, 9.17) is 0 Å². The first-order valence-electron chi connectivity index (χ1n) is 22.8. The van der Waals surface area contributed by atoms with E-state index in [1.807, 2.05) is 71.5 Å². The lowest BCUT2D eigenvalue weighted by Gasteiger charge is -2.17. The molecule has 15 nitrogen and oxygen atoms in total. The molecule has 0 bridgehead atoms. The van der Waals surface area contributed by atoms with Gasteiger partial charge in [0.15, 0.2) is 11.4 Å². The van der Waals surface area contributed by atoms with E-state index < -0.39 is 27.6 Å². The monoisotopic (exact) mass is 936 g/mol. The number of carbonyl (C=O) groups excluding carboxylic acids is 3. The molecule has 6 aromatic carbocycles. The lowest BCUT2D eigenvalue weighted by atomic mass is 9.99. The third-order valence-electron chi connectivity index (χ3n) is 11.9. The number of benzene rings is 6. The number of hydrogen-bond donors (Lipinski definition) is 4. The highest BCUT2D eigenvalue weighted by Gasteiger charge is 2.25. The van der Waals surface area contributed by atoms with E-state index in [9.17, 15) is 22.8 Å². The summed E-state index contributed by atoms with van der Waals surface area (Å²) in [6.45, 7) is 1.13. The van der Waals surface area contributed by atoms with E-state index >= 15 is 0 Å². The second-order valence-electron chi connectivity index (χ2n) is 17.3. The molecule has 0 radical (unpaired) electrons. The molecule has 354 valence electrons. The van der Waals surface area contributed by atoms with Gasteiger partial charge in [-0.2, -0.15) is 0 Å². The van der Waals surface area contributed by atoms with Crippen molar-refractivity contribution < 1.29 is 22.8 Å². The zero-order valence-electron chi connectivity index (χ0n) is 39.6. The van der Waals surface area contributed by atoms with Crippen LogP contribution in [0.15, 0.2) is 114 Å². The van der Waals surface area contributed by atoms with Gasteiger partial charge >= 0.3 is 0 Å². The van der Waals surface area contributed by atoms with Gasteiger partial charge in [0.1, 0.15) is 0 Å². The van der Waals surface area contributed by atoms with Crippen LogP contribution in [0.2, 0.25) is 0 Å². The number of aromatic nitrogens is 3. The molecule has 2 amide bonds. The Labute approximate surface area is 398 Å².